The number of aliphatic hydroxyl groups excluding tert-OH is 1. The standard InChI is InChI=1S/C11H19NO4/c1-11(2,3)15-10(14)12-7-4-5-9(16-12)6-8-13/h4-5,9,13H,6-8H2,1-3H3/t9-/m0/s1. The number of aliphatic hydroxyl groups is 1. The lowest BCUT2D eigenvalue weighted by Crippen LogP contribution is -2.41. The van der Waals surface area contributed by atoms with Crippen LogP contribution in [0.4, 0.5) is 4.79 Å². The molecule has 0 aliphatic carbocycles. The van der Waals surface area contributed by atoms with Crippen molar-refractivity contribution in [2.24, 2.45) is 0 Å². The van der Waals surface area contributed by atoms with Crippen molar-refractivity contribution in [1.29, 1.82) is 0 Å². The predicted octanol–water partition coefficient (Wildman–Crippen LogP) is 1.48. The van der Waals surface area contributed by atoms with Crippen LogP contribution >= 0.6 is 0 Å². The van der Waals surface area contributed by atoms with Gasteiger partial charge in [-0.15, -0.1) is 0 Å². The topological polar surface area (TPSA) is 59.0 Å². The third-order valence-corrected chi connectivity index (χ3v) is 1.90. The number of nitrogens with zero attached hydrogens (tertiary/aromatic N) is 1. The molecule has 1 aliphatic heterocycles. The molecule has 1 amide bonds. The molecule has 16 heavy (non-hydrogen) atoms. The monoisotopic (exact) mass is 229 g/mol. The predicted molar refractivity (Wildman–Crippen MR) is 58.7 cm³/mol. The molecule has 0 bridgehead atoms. The summed E-state index contributed by atoms with van der Waals surface area (Å²) in [6.07, 6.45) is 3.37. The summed E-state index contributed by atoms with van der Waals surface area (Å²) in [5.41, 5.74) is -0.534. The van der Waals surface area contributed by atoms with Crippen LogP contribution in [0, 0.1) is 0 Å². The van der Waals surface area contributed by atoms with Crippen molar-refractivity contribution in [3.05, 3.63) is 12.2 Å². The molecule has 0 aromatic heterocycles. The van der Waals surface area contributed by atoms with E-state index in [1.54, 1.807) is 20.8 Å². The van der Waals surface area contributed by atoms with E-state index >= 15 is 0 Å². The molecule has 1 aliphatic rings. The number of hydroxylamine groups is 2. The van der Waals surface area contributed by atoms with Gasteiger partial charge in [-0.25, -0.2) is 4.79 Å². The van der Waals surface area contributed by atoms with Crippen LogP contribution < -0.4 is 0 Å². The lowest BCUT2D eigenvalue weighted by Gasteiger charge is -2.30. The van der Waals surface area contributed by atoms with E-state index in [4.69, 9.17) is 14.7 Å². The first-order valence-corrected chi connectivity index (χ1v) is 5.37. The normalized spacial score (nSPS) is 21.0. The average molecular weight is 229 g/mol. The number of hydrogen-bond acceptors (Lipinski definition) is 4. The van der Waals surface area contributed by atoms with E-state index in [-0.39, 0.29) is 12.7 Å². The van der Waals surface area contributed by atoms with Crippen LogP contribution in [0.25, 0.3) is 0 Å². The van der Waals surface area contributed by atoms with Gasteiger partial charge in [-0.2, -0.15) is 5.06 Å². The Bertz CT molecular complexity index is 270. The highest BCUT2D eigenvalue weighted by Gasteiger charge is 2.26. The van der Waals surface area contributed by atoms with Gasteiger partial charge in [-0.05, 0) is 20.8 Å². The minimum absolute atomic E-state index is 0.0250. The largest absolute Gasteiger partial charge is 0.442 e. The number of carbonyl (C=O) groups is 1. The van der Waals surface area contributed by atoms with Crippen molar-refractivity contribution in [2.45, 2.75) is 38.9 Å². The first-order chi connectivity index (χ1) is 7.42. The second-order valence-corrected chi connectivity index (χ2v) is 4.63. The Balaban J connectivity index is 2.49. The van der Waals surface area contributed by atoms with Crippen LogP contribution in [-0.4, -0.2) is 41.1 Å². The van der Waals surface area contributed by atoms with Crippen molar-refractivity contribution >= 4 is 6.09 Å². The zero-order chi connectivity index (χ0) is 12.2. The fourth-order valence-corrected chi connectivity index (χ4v) is 1.26. The maximum absolute atomic E-state index is 11.6. The molecule has 5 heteroatoms. The molecule has 0 fully saturated rings. The van der Waals surface area contributed by atoms with E-state index in [0.29, 0.717) is 13.0 Å². The van der Waals surface area contributed by atoms with Crippen LogP contribution in [0.3, 0.4) is 0 Å². The first-order valence-electron chi connectivity index (χ1n) is 5.37. The van der Waals surface area contributed by atoms with E-state index in [9.17, 15) is 4.79 Å². The summed E-state index contributed by atoms with van der Waals surface area (Å²) in [5, 5.41) is 9.95. The Kier molecular flexibility index (Phi) is 4.32. The Hall–Kier alpha value is -1.07. The van der Waals surface area contributed by atoms with Gasteiger partial charge in [-0.3, -0.25) is 4.84 Å². The lowest BCUT2D eigenvalue weighted by atomic mass is 10.2. The third-order valence-electron chi connectivity index (χ3n) is 1.90. The van der Waals surface area contributed by atoms with Gasteiger partial charge in [0.1, 0.15) is 11.7 Å². The molecule has 0 radical (unpaired) electrons. The molecule has 1 atom stereocenters. The van der Waals surface area contributed by atoms with Gasteiger partial charge in [-0.1, -0.05) is 12.2 Å². The molecule has 0 saturated carbocycles. The lowest BCUT2D eigenvalue weighted by molar-refractivity contribution is -0.172. The molecule has 0 spiro atoms. The molecule has 92 valence electrons. The second-order valence-electron chi connectivity index (χ2n) is 4.63. The van der Waals surface area contributed by atoms with E-state index in [1.807, 2.05) is 12.2 Å². The number of carbonyl (C=O) groups excluding carboxylic acids is 1. The molecular weight excluding hydrogens is 210 g/mol. The number of amides is 1. The highest BCUT2D eigenvalue weighted by Crippen LogP contribution is 2.15. The third kappa shape index (κ3) is 4.20. The fourth-order valence-electron chi connectivity index (χ4n) is 1.26. The van der Waals surface area contributed by atoms with Crippen LogP contribution in [0.2, 0.25) is 0 Å². The molecule has 0 saturated heterocycles. The molecule has 1 N–H and O–H groups in total. The van der Waals surface area contributed by atoms with Crippen molar-refractivity contribution in [3.8, 4) is 0 Å². The Morgan fingerprint density at radius 2 is 2.31 bits per heavy atom. The summed E-state index contributed by atoms with van der Waals surface area (Å²) < 4.78 is 5.17. The smallest absolute Gasteiger partial charge is 0.434 e. The van der Waals surface area contributed by atoms with Gasteiger partial charge in [0.25, 0.3) is 0 Å². The number of rotatable bonds is 2. The van der Waals surface area contributed by atoms with Crippen molar-refractivity contribution in [2.75, 3.05) is 13.2 Å². The molecule has 0 aromatic rings. The summed E-state index contributed by atoms with van der Waals surface area (Å²) in [5.74, 6) is 0. The minimum atomic E-state index is -0.534. The van der Waals surface area contributed by atoms with Crippen molar-refractivity contribution in [1.82, 2.24) is 5.06 Å². The van der Waals surface area contributed by atoms with Gasteiger partial charge >= 0.3 is 6.09 Å². The number of hydrogen-bond donors (Lipinski definition) is 1. The van der Waals surface area contributed by atoms with E-state index < -0.39 is 11.7 Å². The molecular formula is C11H19NO4. The zero-order valence-electron chi connectivity index (χ0n) is 9.97. The quantitative estimate of drug-likeness (QED) is 0.728. The fraction of sp³-hybridized carbons (Fsp3) is 0.727. The number of ether oxygens (including phenoxy) is 1. The van der Waals surface area contributed by atoms with Crippen molar-refractivity contribution < 1.29 is 19.5 Å². The van der Waals surface area contributed by atoms with Crippen LogP contribution in [0.1, 0.15) is 27.2 Å². The van der Waals surface area contributed by atoms with E-state index in [1.165, 1.54) is 5.06 Å². The Morgan fingerprint density at radius 1 is 1.62 bits per heavy atom. The second kappa shape index (κ2) is 5.32. The van der Waals surface area contributed by atoms with Crippen LogP contribution in [0.15, 0.2) is 12.2 Å². The molecule has 1 heterocycles. The van der Waals surface area contributed by atoms with Crippen LogP contribution in [-0.2, 0) is 9.57 Å². The zero-order valence-corrected chi connectivity index (χ0v) is 9.97. The van der Waals surface area contributed by atoms with Gasteiger partial charge in [0.15, 0.2) is 0 Å². The molecule has 5 nitrogen and oxygen atoms in total. The summed E-state index contributed by atoms with van der Waals surface area (Å²) >= 11 is 0. The maximum atomic E-state index is 11.6. The minimum Gasteiger partial charge on any atom is -0.442 e. The summed E-state index contributed by atoms with van der Waals surface area (Å²) in [7, 11) is 0. The van der Waals surface area contributed by atoms with Gasteiger partial charge < -0.3 is 9.84 Å². The summed E-state index contributed by atoms with van der Waals surface area (Å²) in [4.78, 5) is 17.0. The maximum Gasteiger partial charge on any atom is 0.434 e. The summed E-state index contributed by atoms with van der Waals surface area (Å²) in [6.45, 7) is 5.80. The molecule has 0 unspecified atom stereocenters. The van der Waals surface area contributed by atoms with Gasteiger partial charge in [0.2, 0.25) is 0 Å². The van der Waals surface area contributed by atoms with Crippen molar-refractivity contribution in [3.63, 3.8) is 0 Å². The Morgan fingerprint density at radius 3 is 2.88 bits per heavy atom. The summed E-state index contributed by atoms with van der Waals surface area (Å²) in [6, 6.07) is 0. The SMILES string of the molecule is CC(C)(C)OC(=O)N1CC=C[C@@H](CCO)O1. The average Bonchev–Trinajstić information content (AvgIpc) is 2.16. The van der Waals surface area contributed by atoms with Crippen LogP contribution in [0.5, 0.6) is 0 Å². The highest BCUT2D eigenvalue weighted by atomic mass is 16.7. The van der Waals surface area contributed by atoms with E-state index in [2.05, 4.69) is 0 Å². The first kappa shape index (κ1) is 13.0. The van der Waals surface area contributed by atoms with E-state index in [0.717, 1.165) is 0 Å². The molecule has 1 rings (SSSR count). The molecule has 0 aromatic carbocycles. The van der Waals surface area contributed by atoms with Gasteiger partial charge in [0, 0.05) is 13.0 Å². The Labute approximate surface area is 95.6 Å². The van der Waals surface area contributed by atoms with Gasteiger partial charge in [0.05, 0.1) is 6.54 Å². The highest BCUT2D eigenvalue weighted by molar-refractivity contribution is 5.67.